The zero-order chi connectivity index (χ0) is 12.3. The molecule has 0 saturated heterocycles. The number of benzene rings is 1. The second-order valence-corrected chi connectivity index (χ2v) is 3.67. The first-order valence-electron chi connectivity index (χ1n) is 5.47. The van der Waals surface area contributed by atoms with Crippen molar-refractivity contribution in [3.8, 4) is 17.1 Å². The van der Waals surface area contributed by atoms with Crippen LogP contribution in [0.1, 0.15) is 12.6 Å². The Hall–Kier alpha value is -2.10. The summed E-state index contributed by atoms with van der Waals surface area (Å²) >= 11 is 0. The van der Waals surface area contributed by atoms with Crippen LogP contribution in [0.25, 0.3) is 11.4 Å². The number of ether oxygens (including phenoxy) is 1. The molecule has 0 aliphatic heterocycles. The van der Waals surface area contributed by atoms with Crippen LogP contribution in [0.3, 0.4) is 0 Å². The first-order valence-corrected chi connectivity index (χ1v) is 5.47. The second kappa shape index (κ2) is 4.82. The van der Waals surface area contributed by atoms with Crippen LogP contribution in [-0.2, 0) is 6.42 Å². The standard InChI is InChI=1S/C13H14N2O2/c1-3-10-8-12(16)15-13(14-10)9-5-4-6-11(7-9)17-2/h4-8H,3H2,1-2H3,(H,14,15,16). The van der Waals surface area contributed by atoms with Gasteiger partial charge in [-0.05, 0) is 18.6 Å². The fourth-order valence-corrected chi connectivity index (χ4v) is 1.60. The summed E-state index contributed by atoms with van der Waals surface area (Å²) in [5.41, 5.74) is 1.50. The van der Waals surface area contributed by atoms with Gasteiger partial charge < -0.3 is 9.72 Å². The molecule has 2 aromatic rings. The highest BCUT2D eigenvalue weighted by atomic mass is 16.5. The van der Waals surface area contributed by atoms with Gasteiger partial charge in [-0.25, -0.2) is 4.98 Å². The molecule has 4 heteroatoms. The number of aromatic nitrogens is 2. The van der Waals surface area contributed by atoms with E-state index in [1.165, 1.54) is 6.07 Å². The molecule has 1 aromatic carbocycles. The van der Waals surface area contributed by atoms with Gasteiger partial charge in [0.05, 0.1) is 7.11 Å². The maximum absolute atomic E-state index is 11.5. The van der Waals surface area contributed by atoms with E-state index in [0.717, 1.165) is 23.4 Å². The summed E-state index contributed by atoms with van der Waals surface area (Å²) in [5, 5.41) is 0. The summed E-state index contributed by atoms with van der Waals surface area (Å²) in [6.45, 7) is 1.97. The lowest BCUT2D eigenvalue weighted by molar-refractivity contribution is 0.415. The number of methoxy groups -OCH3 is 1. The number of rotatable bonds is 3. The Morgan fingerprint density at radius 2 is 2.18 bits per heavy atom. The largest absolute Gasteiger partial charge is 0.497 e. The zero-order valence-electron chi connectivity index (χ0n) is 9.86. The molecule has 1 aromatic heterocycles. The molecule has 88 valence electrons. The number of aryl methyl sites for hydroxylation is 1. The van der Waals surface area contributed by atoms with Gasteiger partial charge in [0.1, 0.15) is 11.6 Å². The average molecular weight is 230 g/mol. The Morgan fingerprint density at radius 1 is 1.35 bits per heavy atom. The molecule has 1 heterocycles. The van der Waals surface area contributed by atoms with E-state index in [0.29, 0.717) is 5.82 Å². The van der Waals surface area contributed by atoms with Crippen molar-refractivity contribution in [2.45, 2.75) is 13.3 Å². The molecule has 0 bridgehead atoms. The van der Waals surface area contributed by atoms with E-state index in [4.69, 9.17) is 4.74 Å². The number of hydrogen-bond donors (Lipinski definition) is 1. The van der Waals surface area contributed by atoms with Gasteiger partial charge in [-0.1, -0.05) is 19.1 Å². The smallest absolute Gasteiger partial charge is 0.251 e. The van der Waals surface area contributed by atoms with Crippen LogP contribution >= 0.6 is 0 Å². The molecule has 0 atom stereocenters. The third-order valence-corrected chi connectivity index (χ3v) is 2.50. The van der Waals surface area contributed by atoms with Gasteiger partial charge in [0, 0.05) is 17.3 Å². The highest BCUT2D eigenvalue weighted by molar-refractivity contribution is 5.57. The Morgan fingerprint density at radius 3 is 2.88 bits per heavy atom. The molecule has 0 spiro atoms. The molecular weight excluding hydrogens is 216 g/mol. The van der Waals surface area contributed by atoms with Gasteiger partial charge in [-0.15, -0.1) is 0 Å². The fourth-order valence-electron chi connectivity index (χ4n) is 1.60. The van der Waals surface area contributed by atoms with Crippen molar-refractivity contribution in [3.05, 3.63) is 46.4 Å². The van der Waals surface area contributed by atoms with E-state index in [1.54, 1.807) is 7.11 Å². The minimum absolute atomic E-state index is 0.130. The molecule has 0 amide bonds. The van der Waals surface area contributed by atoms with Crippen LogP contribution in [0.15, 0.2) is 35.1 Å². The van der Waals surface area contributed by atoms with Crippen molar-refractivity contribution >= 4 is 0 Å². The van der Waals surface area contributed by atoms with E-state index in [2.05, 4.69) is 9.97 Å². The monoisotopic (exact) mass is 230 g/mol. The van der Waals surface area contributed by atoms with Crippen LogP contribution in [0.4, 0.5) is 0 Å². The van der Waals surface area contributed by atoms with Crippen molar-refractivity contribution in [2.75, 3.05) is 7.11 Å². The third-order valence-electron chi connectivity index (χ3n) is 2.50. The molecule has 0 aliphatic rings. The highest BCUT2D eigenvalue weighted by Gasteiger charge is 2.04. The number of H-pyrrole nitrogens is 1. The average Bonchev–Trinajstić information content (AvgIpc) is 2.38. The van der Waals surface area contributed by atoms with Gasteiger partial charge in [0.25, 0.3) is 5.56 Å². The van der Waals surface area contributed by atoms with Crippen LogP contribution in [0.5, 0.6) is 5.75 Å². The summed E-state index contributed by atoms with van der Waals surface area (Å²) in [5.74, 6) is 1.32. The van der Waals surface area contributed by atoms with Crippen molar-refractivity contribution < 1.29 is 4.74 Å². The summed E-state index contributed by atoms with van der Waals surface area (Å²) in [4.78, 5) is 18.6. The first-order chi connectivity index (χ1) is 8.22. The molecule has 0 fully saturated rings. The lowest BCUT2D eigenvalue weighted by Crippen LogP contribution is -2.09. The highest BCUT2D eigenvalue weighted by Crippen LogP contribution is 2.19. The maximum Gasteiger partial charge on any atom is 0.251 e. The van der Waals surface area contributed by atoms with Crippen molar-refractivity contribution in [1.29, 1.82) is 0 Å². The Kier molecular flexibility index (Phi) is 3.23. The maximum atomic E-state index is 11.5. The number of hydrogen-bond acceptors (Lipinski definition) is 3. The number of nitrogens with zero attached hydrogens (tertiary/aromatic N) is 1. The zero-order valence-corrected chi connectivity index (χ0v) is 9.86. The summed E-state index contributed by atoms with van der Waals surface area (Å²) in [6.07, 6.45) is 0.737. The minimum Gasteiger partial charge on any atom is -0.497 e. The first kappa shape index (κ1) is 11.4. The molecule has 0 aliphatic carbocycles. The van der Waals surface area contributed by atoms with Gasteiger partial charge in [-0.2, -0.15) is 0 Å². The van der Waals surface area contributed by atoms with Gasteiger partial charge in [0.15, 0.2) is 0 Å². The lowest BCUT2D eigenvalue weighted by Gasteiger charge is -2.05. The summed E-state index contributed by atoms with van der Waals surface area (Å²) < 4.78 is 5.14. The summed E-state index contributed by atoms with van der Waals surface area (Å²) in [7, 11) is 1.61. The molecule has 0 radical (unpaired) electrons. The molecule has 2 rings (SSSR count). The third kappa shape index (κ3) is 2.53. The Labute approximate surface area is 99.3 Å². The van der Waals surface area contributed by atoms with E-state index in [-0.39, 0.29) is 5.56 Å². The lowest BCUT2D eigenvalue weighted by atomic mass is 10.2. The van der Waals surface area contributed by atoms with Crippen LogP contribution in [-0.4, -0.2) is 17.1 Å². The summed E-state index contributed by atoms with van der Waals surface area (Å²) in [6, 6.07) is 8.97. The van der Waals surface area contributed by atoms with Gasteiger partial charge >= 0.3 is 0 Å². The molecule has 0 unspecified atom stereocenters. The Bertz CT molecular complexity index is 576. The SMILES string of the molecule is CCc1cc(=O)[nH]c(-c2cccc(OC)c2)n1. The molecule has 1 N–H and O–H groups in total. The molecular formula is C13H14N2O2. The fraction of sp³-hybridized carbons (Fsp3) is 0.231. The predicted octanol–water partition coefficient (Wildman–Crippen LogP) is 2.01. The molecule has 0 saturated carbocycles. The van der Waals surface area contributed by atoms with Crippen molar-refractivity contribution in [1.82, 2.24) is 9.97 Å². The molecule has 17 heavy (non-hydrogen) atoms. The van der Waals surface area contributed by atoms with Crippen molar-refractivity contribution in [2.24, 2.45) is 0 Å². The van der Waals surface area contributed by atoms with Crippen LogP contribution in [0, 0.1) is 0 Å². The topological polar surface area (TPSA) is 55.0 Å². The number of aromatic amines is 1. The normalized spacial score (nSPS) is 10.2. The molecule has 4 nitrogen and oxygen atoms in total. The van der Waals surface area contributed by atoms with Crippen molar-refractivity contribution in [3.63, 3.8) is 0 Å². The van der Waals surface area contributed by atoms with E-state index in [9.17, 15) is 4.79 Å². The van der Waals surface area contributed by atoms with E-state index in [1.807, 2.05) is 31.2 Å². The van der Waals surface area contributed by atoms with Gasteiger partial charge in [0.2, 0.25) is 0 Å². The van der Waals surface area contributed by atoms with Gasteiger partial charge in [-0.3, -0.25) is 4.79 Å². The van der Waals surface area contributed by atoms with Crippen LogP contribution < -0.4 is 10.3 Å². The van der Waals surface area contributed by atoms with Crippen LogP contribution in [0.2, 0.25) is 0 Å². The predicted molar refractivity (Wildman–Crippen MR) is 66.2 cm³/mol. The van der Waals surface area contributed by atoms with E-state index >= 15 is 0 Å². The quantitative estimate of drug-likeness (QED) is 0.877. The minimum atomic E-state index is -0.130. The van der Waals surface area contributed by atoms with E-state index < -0.39 is 0 Å². The Balaban J connectivity index is 2.51. The second-order valence-electron chi connectivity index (χ2n) is 3.67. The number of nitrogens with one attached hydrogen (secondary N) is 1.